The van der Waals surface area contributed by atoms with Crippen LogP contribution < -0.4 is 5.32 Å². The lowest BCUT2D eigenvalue weighted by atomic mass is 10.0. The number of rotatable bonds is 6. The predicted octanol–water partition coefficient (Wildman–Crippen LogP) is 5.50. The molecule has 162 valence electrons. The van der Waals surface area contributed by atoms with Crippen LogP contribution in [0.2, 0.25) is 0 Å². The average molecular weight is 452 g/mol. The van der Waals surface area contributed by atoms with Crippen molar-refractivity contribution in [3.8, 4) is 22.4 Å². The summed E-state index contributed by atoms with van der Waals surface area (Å²) in [6.07, 6.45) is 0. The number of aromatic nitrogens is 4. The fourth-order valence-corrected chi connectivity index (χ4v) is 4.21. The number of benzene rings is 3. The topological polar surface area (TPSA) is 72.2 Å². The zero-order valence-corrected chi connectivity index (χ0v) is 18.8. The first-order valence-electron chi connectivity index (χ1n) is 10.5. The second kappa shape index (κ2) is 9.26. The van der Waals surface area contributed by atoms with Gasteiger partial charge in [0.1, 0.15) is 0 Å². The van der Waals surface area contributed by atoms with Gasteiger partial charge in [0, 0.05) is 11.3 Å². The van der Waals surface area contributed by atoms with E-state index in [1.165, 1.54) is 17.3 Å². The molecular weight excluding hydrogens is 430 g/mol. The summed E-state index contributed by atoms with van der Waals surface area (Å²) < 4.78 is 1.69. The van der Waals surface area contributed by atoms with Crippen molar-refractivity contribution in [2.75, 3.05) is 11.1 Å². The Morgan fingerprint density at radius 3 is 2.39 bits per heavy atom. The van der Waals surface area contributed by atoms with Crippen molar-refractivity contribution in [2.45, 2.75) is 12.1 Å². The number of amides is 1. The highest BCUT2D eigenvalue weighted by Gasteiger charge is 2.12. The summed E-state index contributed by atoms with van der Waals surface area (Å²) in [5, 5.41) is 16.6. The summed E-state index contributed by atoms with van der Waals surface area (Å²) in [6.45, 7) is 1.99. The van der Waals surface area contributed by atoms with Crippen LogP contribution in [0.15, 0.2) is 96.2 Å². The van der Waals surface area contributed by atoms with Gasteiger partial charge in [0.15, 0.2) is 5.65 Å². The van der Waals surface area contributed by atoms with E-state index in [4.69, 9.17) is 5.10 Å². The molecule has 0 aliphatic rings. The van der Waals surface area contributed by atoms with Crippen LogP contribution in [0.3, 0.4) is 0 Å². The summed E-state index contributed by atoms with van der Waals surface area (Å²) in [6, 6.07) is 30.1. The molecular formula is C26H21N5OS. The third-order valence-electron chi connectivity index (χ3n) is 5.16. The van der Waals surface area contributed by atoms with Crippen LogP contribution in [-0.4, -0.2) is 31.5 Å². The smallest absolute Gasteiger partial charge is 0.234 e. The fraction of sp³-hybridized carbons (Fsp3) is 0.0769. The molecule has 1 N–H and O–H groups in total. The van der Waals surface area contributed by atoms with Crippen molar-refractivity contribution in [2.24, 2.45) is 0 Å². The van der Waals surface area contributed by atoms with Crippen molar-refractivity contribution in [3.63, 3.8) is 0 Å². The highest BCUT2D eigenvalue weighted by Crippen LogP contribution is 2.25. The number of nitrogens with one attached hydrogen (secondary N) is 1. The zero-order chi connectivity index (χ0) is 22.6. The van der Waals surface area contributed by atoms with Crippen molar-refractivity contribution < 1.29 is 4.79 Å². The van der Waals surface area contributed by atoms with Gasteiger partial charge in [0.2, 0.25) is 11.1 Å². The molecule has 5 rings (SSSR count). The predicted molar refractivity (Wildman–Crippen MR) is 132 cm³/mol. The Hall–Kier alpha value is -3.97. The SMILES string of the molecule is Cc1cccc(NC(=O)CSc2nnc3ccc(-c4ccc(-c5ccccc5)cc4)nn23)c1. The number of carbonyl (C=O) groups excluding carboxylic acids is 1. The van der Waals surface area contributed by atoms with Gasteiger partial charge in [-0.25, -0.2) is 0 Å². The Balaban J connectivity index is 1.32. The van der Waals surface area contributed by atoms with Gasteiger partial charge in [-0.2, -0.15) is 9.61 Å². The van der Waals surface area contributed by atoms with Gasteiger partial charge in [0.25, 0.3) is 0 Å². The molecule has 0 saturated carbocycles. The molecule has 0 aliphatic carbocycles. The first-order chi connectivity index (χ1) is 16.2. The van der Waals surface area contributed by atoms with Crippen LogP contribution in [0, 0.1) is 6.92 Å². The van der Waals surface area contributed by atoms with Gasteiger partial charge >= 0.3 is 0 Å². The standard InChI is InChI=1S/C26H21N5OS/c1-18-6-5-9-22(16-18)27-25(32)17-33-26-29-28-24-15-14-23(30-31(24)26)21-12-10-20(11-13-21)19-7-3-2-4-8-19/h2-16H,17H2,1H3,(H,27,32). The van der Waals surface area contributed by atoms with E-state index < -0.39 is 0 Å². The van der Waals surface area contributed by atoms with Gasteiger partial charge in [-0.1, -0.05) is 78.5 Å². The Morgan fingerprint density at radius 2 is 1.61 bits per heavy atom. The lowest BCUT2D eigenvalue weighted by Gasteiger charge is -2.06. The molecule has 0 unspecified atom stereocenters. The van der Waals surface area contributed by atoms with Crippen molar-refractivity contribution in [1.29, 1.82) is 0 Å². The van der Waals surface area contributed by atoms with E-state index >= 15 is 0 Å². The number of hydrogen-bond acceptors (Lipinski definition) is 5. The van der Waals surface area contributed by atoms with Crippen LogP contribution in [0.4, 0.5) is 5.69 Å². The van der Waals surface area contributed by atoms with Gasteiger partial charge in [-0.3, -0.25) is 4.79 Å². The number of nitrogens with zero attached hydrogens (tertiary/aromatic N) is 4. The molecule has 7 heteroatoms. The maximum atomic E-state index is 12.4. The minimum Gasteiger partial charge on any atom is -0.325 e. The summed E-state index contributed by atoms with van der Waals surface area (Å²) >= 11 is 1.31. The highest BCUT2D eigenvalue weighted by atomic mass is 32.2. The minimum atomic E-state index is -0.102. The number of anilines is 1. The molecule has 2 heterocycles. The van der Waals surface area contributed by atoms with E-state index in [1.54, 1.807) is 4.52 Å². The summed E-state index contributed by atoms with van der Waals surface area (Å²) in [5.74, 6) is 0.113. The zero-order valence-electron chi connectivity index (χ0n) is 18.0. The van der Waals surface area contributed by atoms with E-state index in [0.29, 0.717) is 10.8 Å². The first-order valence-corrected chi connectivity index (χ1v) is 11.5. The van der Waals surface area contributed by atoms with E-state index in [0.717, 1.165) is 28.1 Å². The number of thioether (sulfide) groups is 1. The third kappa shape index (κ3) is 4.78. The first kappa shape index (κ1) is 20.9. The van der Waals surface area contributed by atoms with Gasteiger partial charge in [0.05, 0.1) is 11.4 Å². The van der Waals surface area contributed by atoms with Crippen molar-refractivity contribution in [1.82, 2.24) is 19.8 Å². The Labute approximate surface area is 195 Å². The molecule has 33 heavy (non-hydrogen) atoms. The molecule has 6 nitrogen and oxygen atoms in total. The quantitative estimate of drug-likeness (QED) is 0.345. The minimum absolute atomic E-state index is 0.102. The number of fused-ring (bicyclic) bond motifs is 1. The molecule has 0 bridgehead atoms. The molecule has 2 aromatic heterocycles. The number of aryl methyl sites for hydroxylation is 1. The second-order valence-corrected chi connectivity index (χ2v) is 8.56. The monoisotopic (exact) mass is 451 g/mol. The molecule has 5 aromatic rings. The van der Waals surface area contributed by atoms with Crippen LogP contribution in [-0.2, 0) is 4.79 Å². The lowest BCUT2D eigenvalue weighted by molar-refractivity contribution is -0.113. The number of hydrogen-bond donors (Lipinski definition) is 1. The van der Waals surface area contributed by atoms with Crippen LogP contribution in [0.1, 0.15) is 5.56 Å². The van der Waals surface area contributed by atoms with Crippen LogP contribution in [0.25, 0.3) is 28.0 Å². The average Bonchev–Trinajstić information content (AvgIpc) is 3.26. The second-order valence-electron chi connectivity index (χ2n) is 7.62. The van der Waals surface area contributed by atoms with Crippen LogP contribution >= 0.6 is 11.8 Å². The Bertz CT molecular complexity index is 1410. The molecule has 0 radical (unpaired) electrons. The molecule has 0 spiro atoms. The van der Waals surface area contributed by atoms with E-state index in [-0.39, 0.29) is 11.7 Å². The van der Waals surface area contributed by atoms with Crippen molar-refractivity contribution >= 4 is 29.0 Å². The largest absolute Gasteiger partial charge is 0.325 e. The molecule has 1 amide bonds. The summed E-state index contributed by atoms with van der Waals surface area (Å²) in [7, 11) is 0. The maximum Gasteiger partial charge on any atom is 0.234 e. The van der Waals surface area contributed by atoms with Gasteiger partial charge < -0.3 is 5.32 Å². The molecule has 0 aliphatic heterocycles. The van der Waals surface area contributed by atoms with Gasteiger partial charge in [-0.15, -0.1) is 10.2 Å². The summed E-state index contributed by atoms with van der Waals surface area (Å²) in [4.78, 5) is 12.4. The Morgan fingerprint density at radius 1 is 0.848 bits per heavy atom. The molecule has 0 saturated heterocycles. The number of carbonyl (C=O) groups is 1. The maximum absolute atomic E-state index is 12.4. The molecule has 0 fully saturated rings. The van der Waals surface area contributed by atoms with E-state index in [1.807, 2.05) is 61.5 Å². The lowest BCUT2D eigenvalue weighted by Crippen LogP contribution is -2.14. The van der Waals surface area contributed by atoms with Crippen LogP contribution in [0.5, 0.6) is 0 Å². The normalized spacial score (nSPS) is 10.9. The fourth-order valence-electron chi connectivity index (χ4n) is 3.53. The third-order valence-corrected chi connectivity index (χ3v) is 6.08. The van der Waals surface area contributed by atoms with E-state index in [2.05, 4.69) is 51.9 Å². The van der Waals surface area contributed by atoms with E-state index in [9.17, 15) is 4.79 Å². The highest BCUT2D eigenvalue weighted by molar-refractivity contribution is 7.99. The molecule has 3 aromatic carbocycles. The molecule has 0 atom stereocenters. The van der Waals surface area contributed by atoms with Gasteiger partial charge in [-0.05, 0) is 47.9 Å². The van der Waals surface area contributed by atoms with Crippen molar-refractivity contribution in [3.05, 3.63) is 96.6 Å². The summed E-state index contributed by atoms with van der Waals surface area (Å²) in [5.41, 5.74) is 6.66. The Kier molecular flexibility index (Phi) is 5.87.